The summed E-state index contributed by atoms with van der Waals surface area (Å²) < 4.78 is 7.57. The van der Waals surface area contributed by atoms with Crippen molar-refractivity contribution in [3.63, 3.8) is 0 Å². The van der Waals surface area contributed by atoms with E-state index in [-0.39, 0.29) is 0 Å². The number of ether oxygens (including phenoxy) is 1. The summed E-state index contributed by atoms with van der Waals surface area (Å²) in [6.45, 7) is 5.09. The molecule has 4 heterocycles. The summed E-state index contributed by atoms with van der Waals surface area (Å²) in [5, 5.41) is 10.5. The lowest BCUT2D eigenvalue weighted by atomic mass is 10.1. The average Bonchev–Trinajstić information content (AvgIpc) is 3.36. The molecule has 2 N–H and O–H groups in total. The first-order valence-electron chi connectivity index (χ1n) is 10.4. The maximum atomic E-state index is 5.34. The molecular weight excluding hydrogens is 376 g/mol. The quantitative estimate of drug-likeness (QED) is 0.537. The van der Waals surface area contributed by atoms with E-state index < -0.39 is 0 Å². The summed E-state index contributed by atoms with van der Waals surface area (Å²) in [6.07, 6.45) is 7.10. The number of hydrogen-bond acceptors (Lipinski definition) is 5. The van der Waals surface area contributed by atoms with Gasteiger partial charge in [0.25, 0.3) is 0 Å². The lowest BCUT2D eigenvalue weighted by Crippen LogP contribution is -2.28. The number of H-pyrrole nitrogens is 1. The Hall–Kier alpha value is -3.16. The zero-order valence-corrected chi connectivity index (χ0v) is 17.1. The molecule has 5 rings (SSSR count). The van der Waals surface area contributed by atoms with Crippen molar-refractivity contribution in [3.8, 4) is 28.1 Å². The van der Waals surface area contributed by atoms with E-state index in [0.717, 1.165) is 72.9 Å². The second-order valence-corrected chi connectivity index (χ2v) is 7.65. The van der Waals surface area contributed by atoms with E-state index in [9.17, 15) is 0 Å². The number of rotatable bonds is 5. The van der Waals surface area contributed by atoms with Gasteiger partial charge in [0.05, 0.1) is 24.7 Å². The fraction of sp³-hybridized carbons (Fsp3) is 0.304. The molecule has 3 aromatic heterocycles. The van der Waals surface area contributed by atoms with E-state index in [1.807, 2.05) is 24.5 Å². The van der Waals surface area contributed by atoms with Crippen LogP contribution in [0.4, 0.5) is 0 Å². The van der Waals surface area contributed by atoms with Gasteiger partial charge < -0.3 is 14.5 Å². The average molecular weight is 403 g/mol. The van der Waals surface area contributed by atoms with Gasteiger partial charge in [0.1, 0.15) is 11.4 Å². The minimum Gasteiger partial charge on any atom is -0.497 e. The Labute approximate surface area is 175 Å². The fourth-order valence-corrected chi connectivity index (χ4v) is 4.08. The van der Waals surface area contributed by atoms with E-state index in [2.05, 4.69) is 55.3 Å². The second-order valence-electron chi connectivity index (χ2n) is 7.65. The Kier molecular flexibility index (Phi) is 5.21. The van der Waals surface area contributed by atoms with Gasteiger partial charge in [-0.1, -0.05) is 0 Å². The van der Waals surface area contributed by atoms with Crippen LogP contribution in [0.25, 0.3) is 28.0 Å². The van der Waals surface area contributed by atoms with Crippen LogP contribution in [-0.2, 0) is 6.54 Å². The number of imidazole rings is 1. The third-order valence-electron chi connectivity index (χ3n) is 5.72. The predicted molar refractivity (Wildman–Crippen MR) is 118 cm³/mol. The molecule has 7 nitrogen and oxygen atoms in total. The van der Waals surface area contributed by atoms with Crippen molar-refractivity contribution in [2.24, 2.45) is 0 Å². The van der Waals surface area contributed by atoms with Crippen LogP contribution in [0.5, 0.6) is 5.75 Å². The van der Waals surface area contributed by atoms with Gasteiger partial charge in [-0.3, -0.25) is 10.00 Å². The molecule has 1 aromatic carbocycles. The minimum absolute atomic E-state index is 0.852. The molecule has 0 spiro atoms. The lowest BCUT2D eigenvalue weighted by Gasteiger charge is -2.20. The van der Waals surface area contributed by atoms with Gasteiger partial charge in [-0.15, -0.1) is 0 Å². The molecule has 0 amide bonds. The maximum absolute atomic E-state index is 5.34. The van der Waals surface area contributed by atoms with Gasteiger partial charge in [0, 0.05) is 48.7 Å². The van der Waals surface area contributed by atoms with Crippen molar-refractivity contribution in [1.29, 1.82) is 0 Å². The number of aromatic nitrogens is 4. The molecule has 0 radical (unpaired) electrons. The summed E-state index contributed by atoms with van der Waals surface area (Å²) in [4.78, 5) is 7.52. The maximum Gasteiger partial charge on any atom is 0.137 e. The van der Waals surface area contributed by atoms with Gasteiger partial charge in [-0.25, -0.2) is 4.98 Å². The van der Waals surface area contributed by atoms with Crippen LogP contribution in [0.1, 0.15) is 12.1 Å². The molecule has 0 unspecified atom stereocenters. The monoisotopic (exact) mass is 402 g/mol. The van der Waals surface area contributed by atoms with E-state index in [0.29, 0.717) is 0 Å². The zero-order chi connectivity index (χ0) is 20.3. The van der Waals surface area contributed by atoms with Crippen LogP contribution in [-0.4, -0.2) is 57.8 Å². The van der Waals surface area contributed by atoms with Crippen molar-refractivity contribution < 1.29 is 4.74 Å². The molecule has 0 aliphatic carbocycles. The summed E-state index contributed by atoms with van der Waals surface area (Å²) >= 11 is 0. The van der Waals surface area contributed by atoms with E-state index in [1.165, 1.54) is 5.69 Å². The van der Waals surface area contributed by atoms with Crippen LogP contribution in [0, 0.1) is 0 Å². The van der Waals surface area contributed by atoms with Crippen LogP contribution in [0.3, 0.4) is 0 Å². The van der Waals surface area contributed by atoms with Gasteiger partial charge >= 0.3 is 0 Å². The van der Waals surface area contributed by atoms with Crippen LogP contribution in [0.15, 0.2) is 55.0 Å². The van der Waals surface area contributed by atoms with Crippen molar-refractivity contribution in [3.05, 3.63) is 60.7 Å². The standard InChI is InChI=1S/C23H26N6O/c1-30-20-6-3-17(4-7-20)23-21(16-28-11-2-9-24-10-12-28)29-15-18(5-8-22(29)27-23)19-13-25-26-14-19/h3-8,13-15,24H,2,9-12,16H2,1H3,(H,25,26). The third kappa shape index (κ3) is 3.69. The normalized spacial score (nSPS) is 15.4. The summed E-state index contributed by atoms with van der Waals surface area (Å²) in [5.74, 6) is 0.852. The van der Waals surface area contributed by atoms with Crippen molar-refractivity contribution in [2.75, 3.05) is 33.3 Å². The Morgan fingerprint density at radius 1 is 1.00 bits per heavy atom. The number of pyridine rings is 1. The highest BCUT2D eigenvalue weighted by atomic mass is 16.5. The Bertz CT molecular complexity index is 1110. The summed E-state index contributed by atoms with van der Waals surface area (Å²) in [5.41, 5.74) is 6.49. The molecule has 7 heteroatoms. The highest BCUT2D eigenvalue weighted by molar-refractivity contribution is 5.70. The molecule has 0 saturated carbocycles. The first-order chi connectivity index (χ1) is 14.8. The van der Waals surface area contributed by atoms with Gasteiger partial charge in [0.2, 0.25) is 0 Å². The molecule has 1 fully saturated rings. The van der Waals surface area contributed by atoms with E-state index in [4.69, 9.17) is 9.72 Å². The topological polar surface area (TPSA) is 70.5 Å². The number of aromatic amines is 1. The molecule has 4 aromatic rings. The Morgan fingerprint density at radius 3 is 2.67 bits per heavy atom. The Balaban J connectivity index is 1.61. The summed E-state index contributed by atoms with van der Waals surface area (Å²) in [6, 6.07) is 12.4. The summed E-state index contributed by atoms with van der Waals surface area (Å²) in [7, 11) is 1.69. The zero-order valence-electron chi connectivity index (χ0n) is 17.1. The molecule has 0 atom stereocenters. The number of nitrogens with zero attached hydrogens (tertiary/aromatic N) is 4. The largest absolute Gasteiger partial charge is 0.497 e. The highest BCUT2D eigenvalue weighted by Gasteiger charge is 2.19. The molecule has 30 heavy (non-hydrogen) atoms. The fourth-order valence-electron chi connectivity index (χ4n) is 4.08. The van der Waals surface area contributed by atoms with Gasteiger partial charge in [0.15, 0.2) is 0 Å². The van der Waals surface area contributed by atoms with E-state index >= 15 is 0 Å². The third-order valence-corrected chi connectivity index (χ3v) is 5.72. The number of hydrogen-bond donors (Lipinski definition) is 2. The number of nitrogens with one attached hydrogen (secondary N) is 2. The van der Waals surface area contributed by atoms with Crippen molar-refractivity contribution in [2.45, 2.75) is 13.0 Å². The smallest absolute Gasteiger partial charge is 0.137 e. The minimum atomic E-state index is 0.852. The SMILES string of the molecule is COc1ccc(-c2nc3ccc(-c4cn[nH]c4)cn3c2CN2CCCNCC2)cc1. The highest BCUT2D eigenvalue weighted by Crippen LogP contribution is 2.29. The molecule has 0 bridgehead atoms. The first-order valence-corrected chi connectivity index (χ1v) is 10.4. The number of benzene rings is 1. The van der Waals surface area contributed by atoms with Crippen LogP contribution < -0.4 is 10.1 Å². The number of fused-ring (bicyclic) bond motifs is 1. The van der Waals surface area contributed by atoms with Crippen molar-refractivity contribution in [1.82, 2.24) is 29.8 Å². The predicted octanol–water partition coefficient (Wildman–Crippen LogP) is 3.20. The molecule has 1 aliphatic rings. The van der Waals surface area contributed by atoms with Gasteiger partial charge in [-0.2, -0.15) is 5.10 Å². The Morgan fingerprint density at radius 2 is 1.87 bits per heavy atom. The molecule has 1 saturated heterocycles. The second kappa shape index (κ2) is 8.30. The molecule has 1 aliphatic heterocycles. The van der Waals surface area contributed by atoms with Crippen LogP contribution >= 0.6 is 0 Å². The molecule has 154 valence electrons. The first kappa shape index (κ1) is 18.8. The van der Waals surface area contributed by atoms with Crippen molar-refractivity contribution >= 4 is 5.65 Å². The van der Waals surface area contributed by atoms with E-state index in [1.54, 1.807) is 7.11 Å². The van der Waals surface area contributed by atoms with Crippen LogP contribution in [0.2, 0.25) is 0 Å². The van der Waals surface area contributed by atoms with Gasteiger partial charge in [-0.05, 0) is 55.9 Å². The number of methoxy groups -OCH3 is 1. The molecular formula is C23H26N6O. The lowest BCUT2D eigenvalue weighted by molar-refractivity contribution is 0.281.